The van der Waals surface area contributed by atoms with Crippen LogP contribution in [0.2, 0.25) is 0 Å². The number of rotatable bonds is 7. The first-order valence-electron chi connectivity index (χ1n) is 6.96. The summed E-state index contributed by atoms with van der Waals surface area (Å²) in [5, 5.41) is 6.01. The third-order valence-corrected chi connectivity index (χ3v) is 2.82. The molecule has 1 amide bonds. The highest BCUT2D eigenvalue weighted by Gasteiger charge is 2.06. The van der Waals surface area contributed by atoms with Crippen molar-refractivity contribution in [1.29, 1.82) is 0 Å². The first-order chi connectivity index (χ1) is 10.3. The summed E-state index contributed by atoms with van der Waals surface area (Å²) in [6.07, 6.45) is 3.32. The Hall–Kier alpha value is -1.82. The van der Waals surface area contributed by atoms with Gasteiger partial charge in [-0.1, -0.05) is 13.0 Å². The number of amides is 1. The van der Waals surface area contributed by atoms with Gasteiger partial charge in [0.05, 0.1) is 0 Å². The average Bonchev–Trinajstić information content (AvgIpc) is 2.53. The lowest BCUT2D eigenvalue weighted by Crippen LogP contribution is -2.31. The van der Waals surface area contributed by atoms with E-state index in [9.17, 15) is 4.79 Å². The Kier molecular flexibility index (Phi) is 10.8. The molecule has 0 spiro atoms. The van der Waals surface area contributed by atoms with Crippen molar-refractivity contribution >= 4 is 30.7 Å². The SMILES string of the molecule is CCNCCNC(=O)c1cccc(Oc2ccncc2)c1.Cl.Cl. The number of ether oxygens (including phenoxy) is 1. The summed E-state index contributed by atoms with van der Waals surface area (Å²) in [7, 11) is 0. The fraction of sp³-hybridized carbons (Fsp3) is 0.250. The Morgan fingerprint density at radius 1 is 1.09 bits per heavy atom. The number of nitrogens with zero attached hydrogens (tertiary/aromatic N) is 1. The fourth-order valence-electron chi connectivity index (χ4n) is 1.79. The third kappa shape index (κ3) is 7.32. The quantitative estimate of drug-likeness (QED) is 0.747. The van der Waals surface area contributed by atoms with Crippen LogP contribution in [-0.2, 0) is 0 Å². The summed E-state index contributed by atoms with van der Waals surface area (Å²) in [5.74, 6) is 1.21. The second-order valence-electron chi connectivity index (χ2n) is 4.42. The molecular weight excluding hydrogens is 337 g/mol. The smallest absolute Gasteiger partial charge is 0.251 e. The van der Waals surface area contributed by atoms with Crippen LogP contribution in [0.5, 0.6) is 11.5 Å². The van der Waals surface area contributed by atoms with E-state index in [1.807, 2.05) is 13.0 Å². The van der Waals surface area contributed by atoms with E-state index in [-0.39, 0.29) is 30.7 Å². The van der Waals surface area contributed by atoms with Crippen LogP contribution in [0.15, 0.2) is 48.8 Å². The van der Waals surface area contributed by atoms with Crippen molar-refractivity contribution in [2.75, 3.05) is 19.6 Å². The molecule has 0 fully saturated rings. The van der Waals surface area contributed by atoms with Crippen LogP contribution < -0.4 is 15.4 Å². The maximum Gasteiger partial charge on any atom is 0.251 e. The summed E-state index contributed by atoms with van der Waals surface area (Å²) in [4.78, 5) is 15.9. The van der Waals surface area contributed by atoms with Gasteiger partial charge in [0, 0.05) is 31.0 Å². The minimum Gasteiger partial charge on any atom is -0.457 e. The maximum atomic E-state index is 12.0. The maximum absolute atomic E-state index is 12.0. The van der Waals surface area contributed by atoms with E-state index >= 15 is 0 Å². The molecule has 23 heavy (non-hydrogen) atoms. The number of nitrogens with one attached hydrogen (secondary N) is 2. The third-order valence-electron chi connectivity index (χ3n) is 2.82. The van der Waals surface area contributed by atoms with Crippen molar-refractivity contribution in [3.63, 3.8) is 0 Å². The molecule has 0 saturated carbocycles. The number of benzene rings is 1. The standard InChI is InChI=1S/C16H19N3O2.2ClH/c1-2-17-10-11-19-16(20)13-4-3-5-15(12-13)21-14-6-8-18-9-7-14;;/h3-9,12,17H,2,10-11H2,1H3,(H,19,20);2*1H. The molecule has 1 aromatic heterocycles. The number of likely N-dealkylation sites (N-methyl/N-ethyl adjacent to an activating group) is 1. The molecule has 5 nitrogen and oxygen atoms in total. The topological polar surface area (TPSA) is 63.2 Å². The summed E-state index contributed by atoms with van der Waals surface area (Å²) in [6, 6.07) is 10.6. The highest BCUT2D eigenvalue weighted by atomic mass is 35.5. The van der Waals surface area contributed by atoms with Gasteiger partial charge in [0.1, 0.15) is 11.5 Å². The van der Waals surface area contributed by atoms with Crippen LogP contribution in [0.1, 0.15) is 17.3 Å². The zero-order valence-corrected chi connectivity index (χ0v) is 14.5. The predicted molar refractivity (Wildman–Crippen MR) is 96.1 cm³/mol. The lowest BCUT2D eigenvalue weighted by atomic mass is 10.2. The number of carbonyl (C=O) groups is 1. The second kappa shape index (κ2) is 11.7. The fourth-order valence-corrected chi connectivity index (χ4v) is 1.79. The Bertz CT molecular complexity index is 583. The molecule has 0 aliphatic rings. The van der Waals surface area contributed by atoms with Gasteiger partial charge in [-0.15, -0.1) is 24.8 Å². The van der Waals surface area contributed by atoms with Crippen molar-refractivity contribution in [1.82, 2.24) is 15.6 Å². The molecule has 0 radical (unpaired) electrons. The normalized spacial score (nSPS) is 9.26. The van der Waals surface area contributed by atoms with E-state index in [1.165, 1.54) is 0 Å². The highest BCUT2D eigenvalue weighted by molar-refractivity contribution is 5.94. The van der Waals surface area contributed by atoms with Crippen LogP contribution in [0.3, 0.4) is 0 Å². The van der Waals surface area contributed by atoms with Crippen LogP contribution in [-0.4, -0.2) is 30.5 Å². The van der Waals surface area contributed by atoms with Crippen molar-refractivity contribution in [3.8, 4) is 11.5 Å². The molecule has 0 atom stereocenters. The Labute approximate surface area is 148 Å². The second-order valence-corrected chi connectivity index (χ2v) is 4.42. The highest BCUT2D eigenvalue weighted by Crippen LogP contribution is 2.21. The molecule has 2 N–H and O–H groups in total. The molecule has 2 rings (SSSR count). The Morgan fingerprint density at radius 2 is 1.83 bits per heavy atom. The van der Waals surface area contributed by atoms with Crippen LogP contribution >= 0.6 is 24.8 Å². The number of hydrogen-bond acceptors (Lipinski definition) is 4. The van der Waals surface area contributed by atoms with E-state index in [0.29, 0.717) is 23.6 Å². The number of halogens is 2. The largest absolute Gasteiger partial charge is 0.457 e. The van der Waals surface area contributed by atoms with Crippen LogP contribution in [0.4, 0.5) is 0 Å². The van der Waals surface area contributed by atoms with Gasteiger partial charge in [0.2, 0.25) is 0 Å². The molecule has 1 heterocycles. The van der Waals surface area contributed by atoms with Crippen molar-refractivity contribution in [3.05, 3.63) is 54.4 Å². The zero-order valence-electron chi connectivity index (χ0n) is 12.8. The molecular formula is C16H21Cl2N3O2. The van der Waals surface area contributed by atoms with Gasteiger partial charge in [-0.3, -0.25) is 9.78 Å². The van der Waals surface area contributed by atoms with Gasteiger partial charge >= 0.3 is 0 Å². The van der Waals surface area contributed by atoms with Gasteiger partial charge in [-0.05, 0) is 36.9 Å². The summed E-state index contributed by atoms with van der Waals surface area (Å²) < 4.78 is 5.68. The lowest BCUT2D eigenvalue weighted by Gasteiger charge is -2.08. The molecule has 0 aliphatic carbocycles. The number of hydrogen-bond donors (Lipinski definition) is 2. The van der Waals surface area contributed by atoms with Gasteiger partial charge < -0.3 is 15.4 Å². The van der Waals surface area contributed by atoms with Gasteiger partial charge in [-0.25, -0.2) is 0 Å². The van der Waals surface area contributed by atoms with E-state index < -0.39 is 0 Å². The van der Waals surface area contributed by atoms with Gasteiger partial charge in [0.15, 0.2) is 0 Å². The van der Waals surface area contributed by atoms with Crippen LogP contribution in [0, 0.1) is 0 Å². The minimum absolute atomic E-state index is 0. The molecule has 0 bridgehead atoms. The summed E-state index contributed by atoms with van der Waals surface area (Å²) >= 11 is 0. The lowest BCUT2D eigenvalue weighted by molar-refractivity contribution is 0.0953. The number of pyridine rings is 1. The number of carbonyl (C=O) groups excluding carboxylic acids is 1. The number of aromatic nitrogens is 1. The monoisotopic (exact) mass is 357 g/mol. The van der Waals surface area contributed by atoms with Gasteiger partial charge in [-0.2, -0.15) is 0 Å². The molecule has 126 valence electrons. The molecule has 0 aliphatic heterocycles. The molecule has 1 aromatic carbocycles. The summed E-state index contributed by atoms with van der Waals surface area (Å²) in [6.45, 7) is 4.28. The Morgan fingerprint density at radius 3 is 2.52 bits per heavy atom. The van der Waals surface area contributed by atoms with Gasteiger partial charge in [0.25, 0.3) is 5.91 Å². The zero-order chi connectivity index (χ0) is 14.9. The molecule has 0 unspecified atom stereocenters. The average molecular weight is 358 g/mol. The van der Waals surface area contributed by atoms with E-state index in [0.717, 1.165) is 13.1 Å². The van der Waals surface area contributed by atoms with Crippen molar-refractivity contribution in [2.45, 2.75) is 6.92 Å². The minimum atomic E-state index is -0.104. The van der Waals surface area contributed by atoms with Crippen molar-refractivity contribution < 1.29 is 9.53 Å². The summed E-state index contributed by atoms with van der Waals surface area (Å²) in [5.41, 5.74) is 0.582. The van der Waals surface area contributed by atoms with E-state index in [4.69, 9.17) is 4.74 Å². The van der Waals surface area contributed by atoms with Crippen LogP contribution in [0.25, 0.3) is 0 Å². The molecule has 0 saturated heterocycles. The van der Waals surface area contributed by atoms with Crippen molar-refractivity contribution in [2.24, 2.45) is 0 Å². The Balaban J connectivity index is 0.00000242. The molecule has 7 heteroatoms. The predicted octanol–water partition coefficient (Wildman–Crippen LogP) is 3.06. The first-order valence-corrected chi connectivity index (χ1v) is 6.96. The molecule has 2 aromatic rings. The first kappa shape index (κ1) is 21.2. The van der Waals surface area contributed by atoms with E-state index in [1.54, 1.807) is 42.7 Å². The van der Waals surface area contributed by atoms with E-state index in [2.05, 4.69) is 15.6 Å².